The molecule has 0 atom stereocenters. The zero-order chi connectivity index (χ0) is 17.1. The Bertz CT molecular complexity index is 741. The van der Waals surface area contributed by atoms with Gasteiger partial charge in [0.05, 0.1) is 18.9 Å². The SMILES string of the molecule is Cc1nc(-c2ccc(Cl)cc2)cc(C(=O)N2CCOCC2)c1CN. The summed E-state index contributed by atoms with van der Waals surface area (Å²) in [6.07, 6.45) is 0. The fraction of sp³-hybridized carbons (Fsp3) is 0.333. The molecule has 2 aromatic rings. The Morgan fingerprint density at radius 2 is 1.96 bits per heavy atom. The van der Waals surface area contributed by atoms with Crippen molar-refractivity contribution in [1.29, 1.82) is 0 Å². The van der Waals surface area contributed by atoms with Gasteiger partial charge in [-0.25, -0.2) is 0 Å². The van der Waals surface area contributed by atoms with Crippen molar-refractivity contribution in [2.45, 2.75) is 13.5 Å². The number of carbonyl (C=O) groups is 1. The summed E-state index contributed by atoms with van der Waals surface area (Å²) in [5.41, 5.74) is 9.74. The number of hydrogen-bond donors (Lipinski definition) is 1. The molecule has 0 bridgehead atoms. The van der Waals surface area contributed by atoms with Crippen LogP contribution in [-0.2, 0) is 11.3 Å². The second-order valence-corrected chi connectivity index (χ2v) is 6.17. The van der Waals surface area contributed by atoms with E-state index in [0.717, 1.165) is 22.5 Å². The first-order valence-electron chi connectivity index (χ1n) is 7.93. The standard InChI is InChI=1S/C18H20ClN3O2/c1-12-16(11-20)15(18(23)22-6-8-24-9-7-22)10-17(21-12)13-2-4-14(19)5-3-13/h2-5,10H,6-9,11,20H2,1H3. The van der Waals surface area contributed by atoms with Gasteiger partial charge < -0.3 is 15.4 Å². The largest absolute Gasteiger partial charge is 0.378 e. The van der Waals surface area contributed by atoms with E-state index in [0.29, 0.717) is 36.9 Å². The molecule has 6 heteroatoms. The van der Waals surface area contributed by atoms with Crippen LogP contribution in [0, 0.1) is 6.92 Å². The highest BCUT2D eigenvalue weighted by atomic mass is 35.5. The lowest BCUT2D eigenvalue weighted by Crippen LogP contribution is -2.41. The van der Waals surface area contributed by atoms with Crippen LogP contribution >= 0.6 is 11.6 Å². The van der Waals surface area contributed by atoms with Gasteiger partial charge in [-0.1, -0.05) is 23.7 Å². The van der Waals surface area contributed by atoms with Gasteiger partial charge in [-0.05, 0) is 30.7 Å². The molecule has 1 saturated heterocycles. The van der Waals surface area contributed by atoms with Crippen molar-refractivity contribution >= 4 is 17.5 Å². The summed E-state index contributed by atoms with van der Waals surface area (Å²) in [7, 11) is 0. The number of aryl methyl sites for hydroxylation is 1. The zero-order valence-electron chi connectivity index (χ0n) is 13.6. The van der Waals surface area contributed by atoms with E-state index < -0.39 is 0 Å². The molecular weight excluding hydrogens is 326 g/mol. The van der Waals surface area contributed by atoms with Crippen LogP contribution in [0.1, 0.15) is 21.6 Å². The summed E-state index contributed by atoms with van der Waals surface area (Å²) in [5, 5.41) is 0.665. The molecule has 126 valence electrons. The fourth-order valence-corrected chi connectivity index (χ4v) is 2.98. The highest BCUT2D eigenvalue weighted by Crippen LogP contribution is 2.25. The highest BCUT2D eigenvalue weighted by molar-refractivity contribution is 6.30. The Labute approximate surface area is 146 Å². The molecule has 1 aliphatic rings. The van der Waals surface area contributed by atoms with Gasteiger partial charge in [0, 0.05) is 41.5 Å². The number of hydrogen-bond acceptors (Lipinski definition) is 4. The molecule has 2 heterocycles. The Morgan fingerprint density at radius 1 is 1.29 bits per heavy atom. The number of ether oxygens (including phenoxy) is 1. The fourth-order valence-electron chi connectivity index (χ4n) is 2.85. The van der Waals surface area contributed by atoms with E-state index in [1.54, 1.807) is 0 Å². The normalized spacial score (nSPS) is 14.7. The Hall–Kier alpha value is -1.95. The zero-order valence-corrected chi connectivity index (χ0v) is 14.3. The van der Waals surface area contributed by atoms with Crippen LogP contribution in [-0.4, -0.2) is 42.1 Å². The van der Waals surface area contributed by atoms with Crippen LogP contribution in [0.15, 0.2) is 30.3 Å². The average molecular weight is 346 g/mol. The molecule has 0 unspecified atom stereocenters. The minimum Gasteiger partial charge on any atom is -0.378 e. The number of nitrogens with zero attached hydrogens (tertiary/aromatic N) is 2. The lowest BCUT2D eigenvalue weighted by atomic mass is 10.0. The van der Waals surface area contributed by atoms with Crippen LogP contribution in [0.2, 0.25) is 5.02 Å². The quantitative estimate of drug-likeness (QED) is 0.928. The molecular formula is C18H20ClN3O2. The first-order valence-corrected chi connectivity index (χ1v) is 8.31. The third kappa shape index (κ3) is 3.43. The molecule has 1 aliphatic heterocycles. The van der Waals surface area contributed by atoms with Crippen LogP contribution in [0.4, 0.5) is 0 Å². The van der Waals surface area contributed by atoms with E-state index in [2.05, 4.69) is 4.98 Å². The second kappa shape index (κ2) is 7.30. The Morgan fingerprint density at radius 3 is 2.58 bits per heavy atom. The van der Waals surface area contributed by atoms with Crippen molar-refractivity contribution in [2.75, 3.05) is 26.3 Å². The van der Waals surface area contributed by atoms with Crippen LogP contribution < -0.4 is 5.73 Å². The molecule has 0 radical (unpaired) electrons. The summed E-state index contributed by atoms with van der Waals surface area (Å²) in [6, 6.07) is 9.25. The van der Waals surface area contributed by atoms with Gasteiger partial charge >= 0.3 is 0 Å². The van der Waals surface area contributed by atoms with Gasteiger partial charge in [0.15, 0.2) is 0 Å². The number of rotatable bonds is 3. The number of carbonyl (C=O) groups excluding carboxylic acids is 1. The van der Waals surface area contributed by atoms with Crippen molar-refractivity contribution in [3.8, 4) is 11.3 Å². The number of pyridine rings is 1. The van der Waals surface area contributed by atoms with E-state index in [-0.39, 0.29) is 12.5 Å². The molecule has 5 nitrogen and oxygen atoms in total. The van der Waals surface area contributed by atoms with E-state index in [9.17, 15) is 4.79 Å². The van der Waals surface area contributed by atoms with Crippen molar-refractivity contribution in [1.82, 2.24) is 9.88 Å². The third-order valence-electron chi connectivity index (χ3n) is 4.20. The van der Waals surface area contributed by atoms with Gasteiger partial charge in [0.1, 0.15) is 0 Å². The maximum atomic E-state index is 12.9. The number of amides is 1. The molecule has 1 amide bonds. The van der Waals surface area contributed by atoms with E-state index in [4.69, 9.17) is 22.1 Å². The minimum absolute atomic E-state index is 0.0144. The molecule has 1 aromatic carbocycles. The van der Waals surface area contributed by atoms with E-state index in [1.165, 1.54) is 0 Å². The second-order valence-electron chi connectivity index (χ2n) is 5.73. The summed E-state index contributed by atoms with van der Waals surface area (Å²) in [6.45, 7) is 4.50. The molecule has 0 saturated carbocycles. The van der Waals surface area contributed by atoms with Crippen LogP contribution in [0.5, 0.6) is 0 Å². The summed E-state index contributed by atoms with van der Waals surface area (Å²) in [5.74, 6) is -0.0144. The number of morpholine rings is 1. The van der Waals surface area contributed by atoms with Crippen molar-refractivity contribution < 1.29 is 9.53 Å². The Balaban J connectivity index is 2.03. The van der Waals surface area contributed by atoms with Crippen molar-refractivity contribution in [3.05, 3.63) is 52.2 Å². The average Bonchev–Trinajstić information content (AvgIpc) is 2.61. The highest BCUT2D eigenvalue weighted by Gasteiger charge is 2.23. The molecule has 1 aromatic heterocycles. The molecule has 0 spiro atoms. The maximum absolute atomic E-state index is 12.9. The number of halogens is 1. The first-order chi connectivity index (χ1) is 11.6. The lowest BCUT2D eigenvalue weighted by molar-refractivity contribution is 0.0302. The molecule has 3 rings (SSSR count). The predicted molar refractivity (Wildman–Crippen MR) is 94.0 cm³/mol. The number of nitrogens with two attached hydrogens (primary N) is 1. The predicted octanol–water partition coefficient (Wildman–Crippen LogP) is 2.64. The van der Waals surface area contributed by atoms with Gasteiger partial charge in [0.2, 0.25) is 0 Å². The van der Waals surface area contributed by atoms with E-state index >= 15 is 0 Å². The maximum Gasteiger partial charge on any atom is 0.254 e. The molecule has 1 fully saturated rings. The summed E-state index contributed by atoms with van der Waals surface area (Å²) < 4.78 is 5.33. The number of benzene rings is 1. The summed E-state index contributed by atoms with van der Waals surface area (Å²) in [4.78, 5) is 19.4. The van der Waals surface area contributed by atoms with Gasteiger partial charge in [-0.3, -0.25) is 9.78 Å². The number of aromatic nitrogens is 1. The van der Waals surface area contributed by atoms with E-state index in [1.807, 2.05) is 42.2 Å². The molecule has 0 aliphatic carbocycles. The van der Waals surface area contributed by atoms with Gasteiger partial charge in [-0.2, -0.15) is 0 Å². The van der Waals surface area contributed by atoms with Crippen molar-refractivity contribution in [3.63, 3.8) is 0 Å². The Kier molecular flexibility index (Phi) is 5.14. The first kappa shape index (κ1) is 16.9. The smallest absolute Gasteiger partial charge is 0.254 e. The summed E-state index contributed by atoms with van der Waals surface area (Å²) >= 11 is 5.95. The van der Waals surface area contributed by atoms with Gasteiger partial charge in [0.25, 0.3) is 5.91 Å². The van der Waals surface area contributed by atoms with Gasteiger partial charge in [-0.15, -0.1) is 0 Å². The third-order valence-corrected chi connectivity index (χ3v) is 4.46. The van der Waals surface area contributed by atoms with Crippen LogP contribution in [0.25, 0.3) is 11.3 Å². The molecule has 24 heavy (non-hydrogen) atoms. The van der Waals surface area contributed by atoms with Crippen LogP contribution in [0.3, 0.4) is 0 Å². The monoisotopic (exact) mass is 345 g/mol. The van der Waals surface area contributed by atoms with Crippen molar-refractivity contribution in [2.24, 2.45) is 5.73 Å². The lowest BCUT2D eigenvalue weighted by Gasteiger charge is -2.28. The minimum atomic E-state index is -0.0144. The topological polar surface area (TPSA) is 68.5 Å². The molecule has 2 N–H and O–H groups in total.